The van der Waals surface area contributed by atoms with Crippen molar-refractivity contribution in [2.45, 2.75) is 44.2 Å². The van der Waals surface area contributed by atoms with Gasteiger partial charge in [-0.05, 0) is 38.6 Å². The van der Waals surface area contributed by atoms with Gasteiger partial charge < -0.3 is 10.4 Å². The largest absolute Gasteiger partial charge is 0.396 e. The molecule has 3 nitrogen and oxygen atoms in total. The minimum atomic E-state index is 0.347. The van der Waals surface area contributed by atoms with E-state index in [2.05, 4.69) is 17.3 Å². The van der Waals surface area contributed by atoms with Gasteiger partial charge in [-0.25, -0.2) is 0 Å². The highest BCUT2D eigenvalue weighted by Crippen LogP contribution is 2.29. The number of nitrogens with one attached hydrogen (secondary N) is 1. The first-order valence-corrected chi connectivity index (χ1v) is 6.35. The molecule has 0 aromatic rings. The molecule has 15 heavy (non-hydrogen) atoms. The quantitative estimate of drug-likeness (QED) is 0.724. The Morgan fingerprint density at radius 2 is 2.13 bits per heavy atom. The van der Waals surface area contributed by atoms with Crippen molar-refractivity contribution in [3.63, 3.8) is 0 Å². The zero-order valence-corrected chi connectivity index (χ0v) is 9.78. The second-order valence-corrected chi connectivity index (χ2v) is 5.14. The third-order valence-electron chi connectivity index (χ3n) is 4.10. The number of likely N-dealkylation sites (N-methyl/N-ethyl adjacent to an activating group) is 1. The van der Waals surface area contributed by atoms with E-state index in [1.165, 1.54) is 38.8 Å². The standard InChI is InChI=1S/C12H24N2O/c1-13-11-7-10(5-6-15)8-14(9-11)12-3-2-4-12/h10-13,15H,2-9H2,1H3. The smallest absolute Gasteiger partial charge is 0.0434 e. The highest BCUT2D eigenvalue weighted by molar-refractivity contribution is 4.89. The summed E-state index contributed by atoms with van der Waals surface area (Å²) >= 11 is 0. The summed E-state index contributed by atoms with van der Waals surface area (Å²) in [5, 5.41) is 12.4. The molecular weight excluding hydrogens is 188 g/mol. The molecule has 0 aromatic heterocycles. The molecule has 2 rings (SSSR count). The van der Waals surface area contributed by atoms with Crippen LogP contribution in [0.4, 0.5) is 0 Å². The van der Waals surface area contributed by atoms with E-state index in [1.807, 2.05) is 0 Å². The summed E-state index contributed by atoms with van der Waals surface area (Å²) in [6, 6.07) is 1.48. The van der Waals surface area contributed by atoms with Gasteiger partial charge in [-0.3, -0.25) is 4.90 Å². The molecule has 2 aliphatic rings. The lowest BCUT2D eigenvalue weighted by Gasteiger charge is -2.45. The maximum absolute atomic E-state index is 9.03. The second kappa shape index (κ2) is 5.28. The summed E-state index contributed by atoms with van der Waals surface area (Å²) in [5.74, 6) is 0.696. The highest BCUT2D eigenvalue weighted by atomic mass is 16.3. The summed E-state index contributed by atoms with van der Waals surface area (Å²) in [6.07, 6.45) is 6.41. The van der Waals surface area contributed by atoms with Crippen LogP contribution >= 0.6 is 0 Å². The maximum atomic E-state index is 9.03. The Morgan fingerprint density at radius 3 is 2.67 bits per heavy atom. The maximum Gasteiger partial charge on any atom is 0.0434 e. The van der Waals surface area contributed by atoms with Crippen LogP contribution in [0.25, 0.3) is 0 Å². The predicted molar refractivity (Wildman–Crippen MR) is 61.9 cm³/mol. The van der Waals surface area contributed by atoms with Crippen molar-refractivity contribution in [2.24, 2.45) is 5.92 Å². The number of likely N-dealkylation sites (tertiary alicyclic amines) is 1. The van der Waals surface area contributed by atoms with Gasteiger partial charge in [0.1, 0.15) is 0 Å². The van der Waals surface area contributed by atoms with E-state index >= 15 is 0 Å². The van der Waals surface area contributed by atoms with E-state index in [4.69, 9.17) is 5.11 Å². The Morgan fingerprint density at radius 1 is 1.33 bits per heavy atom. The van der Waals surface area contributed by atoms with Crippen LogP contribution in [0.5, 0.6) is 0 Å². The van der Waals surface area contributed by atoms with Crippen molar-refractivity contribution < 1.29 is 5.11 Å². The molecule has 0 radical (unpaired) electrons. The first-order valence-electron chi connectivity index (χ1n) is 6.35. The molecule has 2 unspecified atom stereocenters. The number of piperidine rings is 1. The van der Waals surface area contributed by atoms with Crippen LogP contribution in [0.1, 0.15) is 32.1 Å². The van der Waals surface area contributed by atoms with Gasteiger partial charge in [-0.2, -0.15) is 0 Å². The molecule has 1 saturated carbocycles. The van der Waals surface area contributed by atoms with Crippen molar-refractivity contribution in [3.8, 4) is 0 Å². The Kier molecular flexibility index (Phi) is 4.00. The molecule has 0 spiro atoms. The Balaban J connectivity index is 1.87. The van der Waals surface area contributed by atoms with Crippen LogP contribution in [0.15, 0.2) is 0 Å². The molecule has 88 valence electrons. The molecule has 1 aliphatic carbocycles. The van der Waals surface area contributed by atoms with E-state index in [-0.39, 0.29) is 0 Å². The lowest BCUT2D eigenvalue weighted by Crippen LogP contribution is -2.53. The summed E-state index contributed by atoms with van der Waals surface area (Å²) < 4.78 is 0. The molecule has 1 saturated heterocycles. The van der Waals surface area contributed by atoms with E-state index in [0.717, 1.165) is 12.5 Å². The lowest BCUT2D eigenvalue weighted by molar-refractivity contribution is 0.0525. The molecule has 3 heteroatoms. The topological polar surface area (TPSA) is 35.5 Å². The number of nitrogens with zero attached hydrogens (tertiary/aromatic N) is 1. The fourth-order valence-corrected chi connectivity index (χ4v) is 2.89. The minimum absolute atomic E-state index is 0.347. The fraction of sp³-hybridized carbons (Fsp3) is 1.00. The Bertz CT molecular complexity index is 194. The predicted octanol–water partition coefficient (Wildman–Crippen LogP) is 0.831. The number of hydrogen-bond acceptors (Lipinski definition) is 3. The first kappa shape index (κ1) is 11.4. The zero-order chi connectivity index (χ0) is 10.7. The third kappa shape index (κ3) is 2.71. The molecule has 2 fully saturated rings. The molecule has 0 amide bonds. The molecule has 0 aromatic carbocycles. The summed E-state index contributed by atoms with van der Waals surface area (Å²) in [4.78, 5) is 2.65. The average molecular weight is 212 g/mol. The summed E-state index contributed by atoms with van der Waals surface area (Å²) in [5.41, 5.74) is 0. The molecule has 1 aliphatic heterocycles. The van der Waals surface area contributed by atoms with Gasteiger partial charge in [0.05, 0.1) is 0 Å². The fourth-order valence-electron chi connectivity index (χ4n) is 2.89. The minimum Gasteiger partial charge on any atom is -0.396 e. The average Bonchev–Trinajstić information content (AvgIpc) is 2.15. The number of hydrogen-bond donors (Lipinski definition) is 2. The van der Waals surface area contributed by atoms with Crippen molar-refractivity contribution in [2.75, 3.05) is 26.7 Å². The number of rotatable bonds is 4. The van der Waals surface area contributed by atoms with Gasteiger partial charge in [-0.1, -0.05) is 6.42 Å². The van der Waals surface area contributed by atoms with Gasteiger partial charge in [0.2, 0.25) is 0 Å². The molecular formula is C12H24N2O. The molecule has 2 atom stereocenters. The molecule has 1 heterocycles. The van der Waals surface area contributed by atoms with Gasteiger partial charge in [0, 0.05) is 31.8 Å². The van der Waals surface area contributed by atoms with Crippen LogP contribution in [0, 0.1) is 5.92 Å². The van der Waals surface area contributed by atoms with Crippen LogP contribution in [0.2, 0.25) is 0 Å². The lowest BCUT2D eigenvalue weighted by atomic mass is 9.85. The van der Waals surface area contributed by atoms with Crippen LogP contribution in [0.3, 0.4) is 0 Å². The number of aliphatic hydroxyl groups excluding tert-OH is 1. The Labute approximate surface area is 92.8 Å². The van der Waals surface area contributed by atoms with Gasteiger partial charge in [0.25, 0.3) is 0 Å². The van der Waals surface area contributed by atoms with Crippen LogP contribution in [-0.2, 0) is 0 Å². The highest BCUT2D eigenvalue weighted by Gasteiger charge is 2.32. The SMILES string of the molecule is CNC1CC(CCO)CN(C2CCC2)C1. The second-order valence-electron chi connectivity index (χ2n) is 5.14. The van der Waals surface area contributed by atoms with E-state index in [9.17, 15) is 0 Å². The van der Waals surface area contributed by atoms with Crippen molar-refractivity contribution in [1.29, 1.82) is 0 Å². The van der Waals surface area contributed by atoms with E-state index in [0.29, 0.717) is 18.6 Å². The van der Waals surface area contributed by atoms with Crippen LogP contribution < -0.4 is 5.32 Å². The molecule has 2 N–H and O–H groups in total. The van der Waals surface area contributed by atoms with Crippen LogP contribution in [-0.4, -0.2) is 48.8 Å². The van der Waals surface area contributed by atoms with Gasteiger partial charge >= 0.3 is 0 Å². The summed E-state index contributed by atoms with van der Waals surface area (Å²) in [6.45, 7) is 2.77. The van der Waals surface area contributed by atoms with Crippen molar-refractivity contribution in [1.82, 2.24) is 10.2 Å². The van der Waals surface area contributed by atoms with Gasteiger partial charge in [0.15, 0.2) is 0 Å². The van der Waals surface area contributed by atoms with Crippen molar-refractivity contribution in [3.05, 3.63) is 0 Å². The normalized spacial score (nSPS) is 34.0. The molecule has 0 bridgehead atoms. The van der Waals surface area contributed by atoms with E-state index in [1.54, 1.807) is 0 Å². The van der Waals surface area contributed by atoms with Gasteiger partial charge in [-0.15, -0.1) is 0 Å². The Hall–Kier alpha value is -0.120. The first-order chi connectivity index (χ1) is 7.33. The number of aliphatic hydroxyl groups is 1. The summed E-state index contributed by atoms with van der Waals surface area (Å²) in [7, 11) is 2.06. The zero-order valence-electron chi connectivity index (χ0n) is 9.78. The van der Waals surface area contributed by atoms with E-state index < -0.39 is 0 Å². The monoisotopic (exact) mass is 212 g/mol. The van der Waals surface area contributed by atoms with Crippen molar-refractivity contribution >= 4 is 0 Å². The third-order valence-corrected chi connectivity index (χ3v) is 4.10.